The van der Waals surface area contributed by atoms with E-state index in [1.54, 1.807) is 6.07 Å². The van der Waals surface area contributed by atoms with E-state index in [9.17, 15) is 10.1 Å². The van der Waals surface area contributed by atoms with E-state index in [2.05, 4.69) is 10.3 Å². The first-order valence-corrected chi connectivity index (χ1v) is 5.84. The molecule has 1 atom stereocenters. The molecule has 1 aliphatic rings. The highest BCUT2D eigenvalue weighted by Crippen LogP contribution is 2.28. The van der Waals surface area contributed by atoms with E-state index in [-0.39, 0.29) is 17.7 Å². The molecule has 0 spiro atoms. The smallest absolute Gasteiger partial charge is 0.331 e. The largest absolute Gasteiger partial charge is 0.467 e. The zero-order valence-corrected chi connectivity index (χ0v) is 10.1. The van der Waals surface area contributed by atoms with Crippen LogP contribution in [0, 0.1) is 10.1 Å². The third kappa shape index (κ3) is 2.86. The van der Waals surface area contributed by atoms with E-state index < -0.39 is 4.92 Å². The maximum atomic E-state index is 10.9. The number of aromatic nitrogens is 1. The Balaban J connectivity index is 2.21. The molecule has 0 aliphatic carbocycles. The average Bonchev–Trinajstić information content (AvgIpc) is 2.82. The number of nitro groups is 1. The van der Waals surface area contributed by atoms with Gasteiger partial charge in [-0.2, -0.15) is 4.98 Å². The van der Waals surface area contributed by atoms with E-state index in [1.165, 1.54) is 6.07 Å². The van der Waals surface area contributed by atoms with Gasteiger partial charge in [0.2, 0.25) is 0 Å². The van der Waals surface area contributed by atoms with Crippen LogP contribution < -0.4 is 10.1 Å². The van der Waals surface area contributed by atoms with Gasteiger partial charge in [0.1, 0.15) is 11.9 Å². The number of hydrogen-bond acceptors (Lipinski definition) is 6. The van der Waals surface area contributed by atoms with E-state index in [0.717, 1.165) is 6.42 Å². The van der Waals surface area contributed by atoms with Crippen LogP contribution in [0.2, 0.25) is 0 Å². The molecular formula is C11H15N3O4. The summed E-state index contributed by atoms with van der Waals surface area (Å²) in [4.78, 5) is 14.5. The molecule has 1 saturated heterocycles. The molecule has 98 valence electrons. The van der Waals surface area contributed by atoms with Gasteiger partial charge in [-0.1, -0.05) is 0 Å². The Bertz CT molecular complexity index is 432. The second-order valence-electron chi connectivity index (χ2n) is 3.91. The summed E-state index contributed by atoms with van der Waals surface area (Å²) in [5, 5.41) is 13.9. The van der Waals surface area contributed by atoms with Gasteiger partial charge in [-0.3, -0.25) is 10.1 Å². The molecule has 2 heterocycles. The van der Waals surface area contributed by atoms with E-state index >= 15 is 0 Å². The lowest BCUT2D eigenvalue weighted by molar-refractivity contribution is -0.386. The number of rotatable bonds is 5. The first-order chi connectivity index (χ1) is 8.70. The van der Waals surface area contributed by atoms with Crippen molar-refractivity contribution in [1.82, 2.24) is 4.98 Å². The highest BCUT2D eigenvalue weighted by atomic mass is 16.6. The van der Waals surface area contributed by atoms with Gasteiger partial charge in [-0.05, 0) is 13.0 Å². The molecular weight excluding hydrogens is 238 g/mol. The van der Waals surface area contributed by atoms with Crippen molar-refractivity contribution in [3.8, 4) is 5.88 Å². The lowest BCUT2D eigenvalue weighted by Gasteiger charge is -2.12. The van der Waals surface area contributed by atoms with Gasteiger partial charge >= 0.3 is 5.69 Å². The molecule has 1 aliphatic heterocycles. The predicted molar refractivity (Wildman–Crippen MR) is 64.9 cm³/mol. The van der Waals surface area contributed by atoms with Crippen molar-refractivity contribution < 1.29 is 14.4 Å². The molecule has 0 radical (unpaired) electrons. The fraction of sp³-hybridized carbons (Fsp3) is 0.545. The monoisotopic (exact) mass is 253 g/mol. The van der Waals surface area contributed by atoms with Crippen molar-refractivity contribution in [3.05, 3.63) is 22.2 Å². The van der Waals surface area contributed by atoms with Crippen molar-refractivity contribution in [1.29, 1.82) is 0 Å². The minimum absolute atomic E-state index is 0.0500. The molecule has 0 aromatic carbocycles. The molecule has 0 saturated carbocycles. The molecule has 0 bridgehead atoms. The highest BCUT2D eigenvalue weighted by molar-refractivity contribution is 5.49. The lowest BCUT2D eigenvalue weighted by atomic mass is 10.3. The van der Waals surface area contributed by atoms with Gasteiger partial charge in [0.25, 0.3) is 5.88 Å². The molecule has 1 aromatic heterocycles. The van der Waals surface area contributed by atoms with E-state index in [4.69, 9.17) is 9.47 Å². The average molecular weight is 253 g/mol. The van der Waals surface area contributed by atoms with Crippen LogP contribution in [0.5, 0.6) is 5.88 Å². The van der Waals surface area contributed by atoms with Crippen LogP contribution >= 0.6 is 0 Å². The zero-order valence-electron chi connectivity index (χ0n) is 10.1. The molecule has 1 fully saturated rings. The molecule has 2 rings (SSSR count). The van der Waals surface area contributed by atoms with Gasteiger partial charge in [-0.15, -0.1) is 0 Å². The van der Waals surface area contributed by atoms with Gasteiger partial charge in [0, 0.05) is 19.0 Å². The van der Waals surface area contributed by atoms with Gasteiger partial charge in [0.15, 0.2) is 0 Å². The normalized spacial score (nSPS) is 18.6. The Morgan fingerprint density at radius 2 is 2.50 bits per heavy atom. The fourth-order valence-corrected chi connectivity index (χ4v) is 1.70. The number of nitrogens with one attached hydrogen (secondary N) is 1. The second kappa shape index (κ2) is 5.63. The predicted octanol–water partition coefficient (Wildman–Crippen LogP) is 1.59. The third-order valence-corrected chi connectivity index (χ3v) is 2.56. The fourth-order valence-electron chi connectivity index (χ4n) is 1.70. The summed E-state index contributed by atoms with van der Waals surface area (Å²) in [6.07, 6.45) is 0.567. The Hall–Kier alpha value is -1.89. The molecule has 1 unspecified atom stereocenters. The second-order valence-corrected chi connectivity index (χ2v) is 3.91. The number of nitrogens with zero attached hydrogens (tertiary/aromatic N) is 2. The summed E-state index contributed by atoms with van der Waals surface area (Å²) in [6.45, 7) is 3.68. The molecule has 1 N–H and O–H groups in total. The molecule has 7 heteroatoms. The molecule has 7 nitrogen and oxygen atoms in total. The SMILES string of the molecule is CCNc1ccc([N+](=O)[O-])c(OC2CCOC2)n1. The summed E-state index contributed by atoms with van der Waals surface area (Å²) in [6, 6.07) is 2.97. The summed E-state index contributed by atoms with van der Waals surface area (Å²) in [7, 11) is 0. The molecule has 0 amide bonds. The van der Waals surface area contributed by atoms with E-state index in [0.29, 0.717) is 25.6 Å². The Labute approximate surface area is 104 Å². The quantitative estimate of drug-likeness (QED) is 0.633. The lowest BCUT2D eigenvalue weighted by Crippen LogP contribution is -2.17. The third-order valence-electron chi connectivity index (χ3n) is 2.56. The maximum Gasteiger partial charge on any atom is 0.331 e. The van der Waals surface area contributed by atoms with Crippen molar-refractivity contribution in [3.63, 3.8) is 0 Å². The Kier molecular flexibility index (Phi) is 3.93. The van der Waals surface area contributed by atoms with Crippen LogP contribution in [0.15, 0.2) is 12.1 Å². The van der Waals surface area contributed by atoms with Crippen LogP contribution in [0.3, 0.4) is 0 Å². The van der Waals surface area contributed by atoms with Crippen LogP contribution in [-0.2, 0) is 4.74 Å². The summed E-state index contributed by atoms with van der Waals surface area (Å²) in [5.74, 6) is 0.617. The maximum absolute atomic E-state index is 10.9. The van der Waals surface area contributed by atoms with Crippen LogP contribution in [0.25, 0.3) is 0 Å². The van der Waals surface area contributed by atoms with Gasteiger partial charge in [-0.25, -0.2) is 0 Å². The molecule has 1 aromatic rings. The Morgan fingerprint density at radius 1 is 1.67 bits per heavy atom. The first kappa shape index (κ1) is 12.6. The topological polar surface area (TPSA) is 86.5 Å². The zero-order chi connectivity index (χ0) is 13.0. The Morgan fingerprint density at radius 3 is 3.11 bits per heavy atom. The van der Waals surface area contributed by atoms with Crippen LogP contribution in [0.4, 0.5) is 11.5 Å². The van der Waals surface area contributed by atoms with Crippen LogP contribution in [0.1, 0.15) is 13.3 Å². The molecule has 18 heavy (non-hydrogen) atoms. The number of pyridine rings is 1. The van der Waals surface area contributed by atoms with Crippen molar-refractivity contribution in [2.75, 3.05) is 25.1 Å². The highest BCUT2D eigenvalue weighted by Gasteiger charge is 2.24. The van der Waals surface area contributed by atoms with Crippen LogP contribution in [-0.4, -0.2) is 35.8 Å². The number of anilines is 1. The van der Waals surface area contributed by atoms with E-state index in [1.807, 2.05) is 6.92 Å². The van der Waals surface area contributed by atoms with Crippen molar-refractivity contribution in [2.24, 2.45) is 0 Å². The summed E-state index contributed by atoms with van der Waals surface area (Å²) >= 11 is 0. The summed E-state index contributed by atoms with van der Waals surface area (Å²) < 4.78 is 10.7. The minimum Gasteiger partial charge on any atom is -0.467 e. The standard InChI is InChI=1S/C11H15N3O4/c1-2-12-10-4-3-9(14(15)16)11(13-10)18-8-5-6-17-7-8/h3-4,8H,2,5-7H2,1H3,(H,12,13). The summed E-state index contributed by atoms with van der Waals surface area (Å²) in [5.41, 5.74) is -0.122. The van der Waals surface area contributed by atoms with Crippen molar-refractivity contribution in [2.45, 2.75) is 19.4 Å². The number of ether oxygens (including phenoxy) is 2. The van der Waals surface area contributed by atoms with Gasteiger partial charge in [0.05, 0.1) is 18.1 Å². The number of hydrogen-bond donors (Lipinski definition) is 1. The van der Waals surface area contributed by atoms with Gasteiger partial charge < -0.3 is 14.8 Å². The minimum atomic E-state index is -0.492. The van der Waals surface area contributed by atoms with Crippen molar-refractivity contribution >= 4 is 11.5 Å². The first-order valence-electron chi connectivity index (χ1n) is 5.84.